The van der Waals surface area contributed by atoms with Crippen LogP contribution in [0.3, 0.4) is 0 Å². The fourth-order valence-corrected chi connectivity index (χ4v) is 2.08. The minimum Gasteiger partial charge on any atom is -0.474 e. The molecule has 0 radical (unpaired) electrons. The molecular formula is C13H21N3O. The Hall–Kier alpha value is -1.29. The van der Waals surface area contributed by atoms with Crippen LogP contribution in [0.1, 0.15) is 24.1 Å². The number of pyridine rings is 1. The van der Waals surface area contributed by atoms with Gasteiger partial charge in [-0.05, 0) is 39.8 Å². The molecule has 0 aromatic carbocycles. The first kappa shape index (κ1) is 12.2. The maximum atomic E-state index is 5.98. The Morgan fingerprint density at radius 3 is 2.65 bits per heavy atom. The Kier molecular flexibility index (Phi) is 3.52. The zero-order valence-electron chi connectivity index (χ0n) is 10.9. The van der Waals surface area contributed by atoms with Gasteiger partial charge in [0.1, 0.15) is 6.10 Å². The summed E-state index contributed by atoms with van der Waals surface area (Å²) in [5.41, 5.74) is 8.42. The third kappa shape index (κ3) is 2.88. The fraction of sp³-hybridized carbons (Fsp3) is 0.615. The van der Waals surface area contributed by atoms with Crippen LogP contribution in [-0.4, -0.2) is 36.1 Å². The molecular weight excluding hydrogens is 214 g/mol. The second kappa shape index (κ2) is 4.92. The lowest BCUT2D eigenvalue weighted by Crippen LogP contribution is -2.35. The summed E-state index contributed by atoms with van der Waals surface area (Å²) >= 11 is 0. The van der Waals surface area contributed by atoms with Gasteiger partial charge < -0.3 is 15.4 Å². The molecule has 1 aliphatic heterocycles. The first-order valence-electron chi connectivity index (χ1n) is 6.15. The van der Waals surface area contributed by atoms with E-state index in [4.69, 9.17) is 10.5 Å². The standard InChI is InChI=1S/C13H21N3O/c1-9-8-12(14)10(2)15-13(9)17-11-4-6-16(3)7-5-11/h8,11H,4-7,14H2,1-3H3. The number of hydrogen-bond acceptors (Lipinski definition) is 4. The molecule has 0 atom stereocenters. The van der Waals surface area contributed by atoms with Crippen LogP contribution >= 0.6 is 0 Å². The number of rotatable bonds is 2. The van der Waals surface area contributed by atoms with Crippen LogP contribution in [0.5, 0.6) is 5.88 Å². The van der Waals surface area contributed by atoms with Gasteiger partial charge in [-0.25, -0.2) is 4.98 Å². The van der Waals surface area contributed by atoms with Gasteiger partial charge in [0.15, 0.2) is 0 Å². The molecule has 2 N–H and O–H groups in total. The minimum absolute atomic E-state index is 0.292. The topological polar surface area (TPSA) is 51.4 Å². The number of nitrogens with two attached hydrogens (primary N) is 1. The number of aryl methyl sites for hydroxylation is 2. The van der Waals surface area contributed by atoms with E-state index in [1.165, 1.54) is 0 Å². The fourth-order valence-electron chi connectivity index (χ4n) is 2.08. The van der Waals surface area contributed by atoms with Gasteiger partial charge in [0, 0.05) is 18.7 Å². The maximum absolute atomic E-state index is 5.98. The summed E-state index contributed by atoms with van der Waals surface area (Å²) in [7, 11) is 2.15. The zero-order valence-corrected chi connectivity index (χ0v) is 10.9. The number of aromatic nitrogens is 1. The molecule has 17 heavy (non-hydrogen) atoms. The Morgan fingerprint density at radius 2 is 2.00 bits per heavy atom. The van der Waals surface area contributed by atoms with Gasteiger partial charge in [0.05, 0.1) is 11.4 Å². The molecule has 1 aromatic heterocycles. The van der Waals surface area contributed by atoms with Crippen molar-refractivity contribution in [2.45, 2.75) is 32.8 Å². The van der Waals surface area contributed by atoms with E-state index in [2.05, 4.69) is 16.9 Å². The summed E-state index contributed by atoms with van der Waals surface area (Å²) in [6, 6.07) is 1.94. The number of anilines is 1. The molecule has 1 aliphatic rings. The minimum atomic E-state index is 0.292. The van der Waals surface area contributed by atoms with Crippen molar-refractivity contribution in [1.82, 2.24) is 9.88 Å². The molecule has 2 heterocycles. The van der Waals surface area contributed by atoms with E-state index >= 15 is 0 Å². The zero-order chi connectivity index (χ0) is 12.4. The molecule has 2 rings (SSSR count). The third-order valence-electron chi connectivity index (χ3n) is 3.34. The summed E-state index contributed by atoms with van der Waals surface area (Å²) in [5, 5.41) is 0. The second-order valence-electron chi connectivity index (χ2n) is 4.91. The van der Waals surface area contributed by atoms with Crippen LogP contribution in [-0.2, 0) is 0 Å². The van der Waals surface area contributed by atoms with E-state index in [9.17, 15) is 0 Å². The first-order chi connectivity index (χ1) is 8.06. The summed E-state index contributed by atoms with van der Waals surface area (Å²) < 4.78 is 5.98. The lowest BCUT2D eigenvalue weighted by molar-refractivity contribution is 0.109. The molecule has 4 nitrogen and oxygen atoms in total. The van der Waals surface area contributed by atoms with E-state index in [0.717, 1.165) is 48.8 Å². The highest BCUT2D eigenvalue weighted by Gasteiger charge is 2.19. The van der Waals surface area contributed by atoms with Gasteiger partial charge in [0.2, 0.25) is 5.88 Å². The van der Waals surface area contributed by atoms with Crippen molar-refractivity contribution in [3.63, 3.8) is 0 Å². The lowest BCUT2D eigenvalue weighted by Gasteiger charge is -2.29. The van der Waals surface area contributed by atoms with Crippen molar-refractivity contribution in [1.29, 1.82) is 0 Å². The van der Waals surface area contributed by atoms with E-state index in [0.29, 0.717) is 6.10 Å². The average Bonchev–Trinajstić information content (AvgIpc) is 2.29. The summed E-state index contributed by atoms with van der Waals surface area (Å²) in [4.78, 5) is 6.75. The third-order valence-corrected chi connectivity index (χ3v) is 3.34. The van der Waals surface area contributed by atoms with Gasteiger partial charge in [-0.2, -0.15) is 0 Å². The van der Waals surface area contributed by atoms with Crippen molar-refractivity contribution >= 4 is 5.69 Å². The molecule has 0 unspecified atom stereocenters. The molecule has 1 aromatic rings. The molecule has 0 amide bonds. The highest BCUT2D eigenvalue weighted by Crippen LogP contribution is 2.23. The first-order valence-corrected chi connectivity index (χ1v) is 6.15. The van der Waals surface area contributed by atoms with Crippen LogP contribution < -0.4 is 10.5 Å². The van der Waals surface area contributed by atoms with Crippen molar-refractivity contribution in [3.05, 3.63) is 17.3 Å². The number of nitrogens with zero attached hydrogens (tertiary/aromatic N) is 2. The molecule has 0 bridgehead atoms. The lowest BCUT2D eigenvalue weighted by atomic mass is 10.1. The molecule has 0 aliphatic carbocycles. The molecule has 4 heteroatoms. The quantitative estimate of drug-likeness (QED) is 0.848. The summed E-state index contributed by atoms with van der Waals surface area (Å²) in [5.74, 6) is 0.742. The number of hydrogen-bond donors (Lipinski definition) is 1. The largest absolute Gasteiger partial charge is 0.474 e. The van der Waals surface area contributed by atoms with Gasteiger partial charge in [-0.1, -0.05) is 0 Å². The maximum Gasteiger partial charge on any atom is 0.216 e. The predicted octanol–water partition coefficient (Wildman–Crippen LogP) is 1.75. The Morgan fingerprint density at radius 1 is 1.35 bits per heavy atom. The molecule has 1 fully saturated rings. The smallest absolute Gasteiger partial charge is 0.216 e. The summed E-state index contributed by atoms with van der Waals surface area (Å²) in [6.07, 6.45) is 2.43. The van der Waals surface area contributed by atoms with Crippen LogP contribution in [0.15, 0.2) is 6.07 Å². The van der Waals surface area contributed by atoms with Crippen LogP contribution in [0.25, 0.3) is 0 Å². The number of ether oxygens (including phenoxy) is 1. The Bertz CT molecular complexity index is 398. The number of likely N-dealkylation sites (tertiary alicyclic amines) is 1. The van der Waals surface area contributed by atoms with Crippen molar-refractivity contribution in [2.75, 3.05) is 25.9 Å². The SMILES string of the molecule is Cc1cc(N)c(C)nc1OC1CCN(C)CC1. The van der Waals surface area contributed by atoms with Crippen LogP contribution in [0, 0.1) is 13.8 Å². The number of nitrogen functional groups attached to an aromatic ring is 1. The van der Waals surface area contributed by atoms with E-state index < -0.39 is 0 Å². The van der Waals surface area contributed by atoms with E-state index in [-0.39, 0.29) is 0 Å². The molecule has 0 saturated carbocycles. The summed E-state index contributed by atoms with van der Waals surface area (Å²) in [6.45, 7) is 6.10. The van der Waals surface area contributed by atoms with Crippen molar-refractivity contribution in [2.24, 2.45) is 0 Å². The van der Waals surface area contributed by atoms with E-state index in [1.807, 2.05) is 19.9 Å². The normalized spacial score (nSPS) is 18.3. The van der Waals surface area contributed by atoms with Crippen LogP contribution in [0.4, 0.5) is 5.69 Å². The van der Waals surface area contributed by atoms with Gasteiger partial charge in [0.25, 0.3) is 0 Å². The molecule has 94 valence electrons. The van der Waals surface area contributed by atoms with E-state index in [1.54, 1.807) is 0 Å². The Balaban J connectivity index is 2.06. The van der Waals surface area contributed by atoms with Gasteiger partial charge in [-0.3, -0.25) is 0 Å². The Labute approximate surface area is 103 Å². The monoisotopic (exact) mass is 235 g/mol. The highest BCUT2D eigenvalue weighted by molar-refractivity contribution is 5.47. The van der Waals surface area contributed by atoms with Gasteiger partial charge >= 0.3 is 0 Å². The highest BCUT2D eigenvalue weighted by atomic mass is 16.5. The van der Waals surface area contributed by atoms with Gasteiger partial charge in [-0.15, -0.1) is 0 Å². The van der Waals surface area contributed by atoms with Crippen LogP contribution in [0.2, 0.25) is 0 Å². The van der Waals surface area contributed by atoms with Crippen molar-refractivity contribution in [3.8, 4) is 5.88 Å². The second-order valence-corrected chi connectivity index (χ2v) is 4.91. The molecule has 1 saturated heterocycles. The predicted molar refractivity (Wildman–Crippen MR) is 69.3 cm³/mol. The number of piperidine rings is 1. The average molecular weight is 235 g/mol. The van der Waals surface area contributed by atoms with Crippen molar-refractivity contribution < 1.29 is 4.74 Å². The molecule has 0 spiro atoms.